The second-order valence-corrected chi connectivity index (χ2v) is 6.83. The second kappa shape index (κ2) is 10.1. The Labute approximate surface area is 171 Å². The number of hydrogen-bond acceptors (Lipinski definition) is 3. The topological polar surface area (TPSA) is 47.6 Å². The molecule has 0 aliphatic carbocycles. The molecule has 0 bridgehead atoms. The molecule has 0 spiro atoms. The number of benzene rings is 3. The third kappa shape index (κ3) is 6.54. The molecule has 3 rings (SSSR count). The summed E-state index contributed by atoms with van der Waals surface area (Å²) in [7, 11) is 0. The summed E-state index contributed by atoms with van der Waals surface area (Å²) in [5, 5.41) is 2.86. The van der Waals surface area contributed by atoms with Crippen LogP contribution in [0.15, 0.2) is 84.9 Å². The Morgan fingerprint density at radius 1 is 0.931 bits per heavy atom. The van der Waals surface area contributed by atoms with E-state index in [0.29, 0.717) is 18.0 Å². The highest BCUT2D eigenvalue weighted by Crippen LogP contribution is 2.25. The summed E-state index contributed by atoms with van der Waals surface area (Å²) in [6, 6.07) is 25.0. The first kappa shape index (κ1) is 20.2. The number of nitrogens with one attached hydrogen (secondary N) is 1. The Hall–Kier alpha value is -3.53. The van der Waals surface area contributed by atoms with E-state index in [1.165, 1.54) is 6.08 Å². The summed E-state index contributed by atoms with van der Waals surface area (Å²) in [6.45, 7) is 4.42. The summed E-state index contributed by atoms with van der Waals surface area (Å²) in [5.41, 5.74) is 2.69. The van der Waals surface area contributed by atoms with Crippen molar-refractivity contribution in [3.05, 3.63) is 96.1 Å². The lowest BCUT2D eigenvalue weighted by molar-refractivity contribution is -0.111. The van der Waals surface area contributed by atoms with Crippen molar-refractivity contribution < 1.29 is 14.3 Å². The van der Waals surface area contributed by atoms with Crippen molar-refractivity contribution in [1.29, 1.82) is 0 Å². The first-order valence-electron chi connectivity index (χ1n) is 9.62. The molecule has 0 aliphatic heterocycles. The zero-order valence-corrected chi connectivity index (χ0v) is 16.7. The predicted molar refractivity (Wildman–Crippen MR) is 117 cm³/mol. The van der Waals surface area contributed by atoms with Crippen molar-refractivity contribution in [2.75, 3.05) is 5.32 Å². The summed E-state index contributed by atoms with van der Waals surface area (Å²) in [6.07, 6.45) is 3.31. The molecule has 0 saturated carbocycles. The maximum atomic E-state index is 12.3. The van der Waals surface area contributed by atoms with E-state index in [0.717, 1.165) is 16.9 Å². The van der Waals surface area contributed by atoms with Crippen molar-refractivity contribution in [3.8, 4) is 11.5 Å². The van der Waals surface area contributed by atoms with Gasteiger partial charge in [0.1, 0.15) is 18.1 Å². The Kier molecular flexibility index (Phi) is 7.06. The van der Waals surface area contributed by atoms with Gasteiger partial charge in [-0.3, -0.25) is 4.79 Å². The lowest BCUT2D eigenvalue weighted by Gasteiger charge is -2.14. The highest BCUT2D eigenvalue weighted by atomic mass is 16.5. The molecule has 0 saturated heterocycles. The molecule has 3 aromatic carbocycles. The van der Waals surface area contributed by atoms with Crippen LogP contribution in [0.2, 0.25) is 0 Å². The van der Waals surface area contributed by atoms with Gasteiger partial charge in [0.2, 0.25) is 5.91 Å². The van der Waals surface area contributed by atoms with Gasteiger partial charge in [-0.25, -0.2) is 0 Å². The van der Waals surface area contributed by atoms with Crippen LogP contribution in [-0.4, -0.2) is 12.0 Å². The molecule has 148 valence electrons. The van der Waals surface area contributed by atoms with Gasteiger partial charge in [0, 0.05) is 6.08 Å². The molecule has 0 aromatic heterocycles. The minimum atomic E-state index is -0.214. The number of para-hydroxylation sites is 2. The van der Waals surface area contributed by atoms with Crippen LogP contribution in [0.3, 0.4) is 0 Å². The maximum absolute atomic E-state index is 12.3. The standard InChI is InChI=1S/C25H25NO3/c1-19(2)29-24-11-7-6-10-23(24)26-25(27)17-14-20-12-15-22(16-13-20)28-18-21-8-4-3-5-9-21/h3-17,19H,18H2,1-2H3,(H,26,27)/b17-14+. The molecule has 0 radical (unpaired) electrons. The van der Waals surface area contributed by atoms with Crippen LogP contribution in [0.1, 0.15) is 25.0 Å². The second-order valence-electron chi connectivity index (χ2n) is 6.83. The largest absolute Gasteiger partial charge is 0.489 e. The van der Waals surface area contributed by atoms with Gasteiger partial charge in [-0.2, -0.15) is 0 Å². The van der Waals surface area contributed by atoms with Crippen molar-refractivity contribution >= 4 is 17.7 Å². The van der Waals surface area contributed by atoms with Gasteiger partial charge in [0.15, 0.2) is 0 Å². The van der Waals surface area contributed by atoms with Crippen molar-refractivity contribution in [2.24, 2.45) is 0 Å². The van der Waals surface area contributed by atoms with E-state index in [1.807, 2.05) is 92.7 Å². The molecular formula is C25H25NO3. The van der Waals surface area contributed by atoms with Crippen LogP contribution in [-0.2, 0) is 11.4 Å². The van der Waals surface area contributed by atoms with Crippen molar-refractivity contribution in [3.63, 3.8) is 0 Å². The average molecular weight is 387 g/mol. The van der Waals surface area contributed by atoms with Gasteiger partial charge >= 0.3 is 0 Å². The Morgan fingerprint density at radius 3 is 2.34 bits per heavy atom. The molecule has 3 aromatic rings. The van der Waals surface area contributed by atoms with Crippen molar-refractivity contribution in [2.45, 2.75) is 26.6 Å². The van der Waals surface area contributed by atoms with Gasteiger partial charge in [-0.05, 0) is 55.3 Å². The molecule has 0 unspecified atom stereocenters. The van der Waals surface area contributed by atoms with E-state index in [-0.39, 0.29) is 12.0 Å². The molecule has 1 amide bonds. The summed E-state index contributed by atoms with van der Waals surface area (Å²) >= 11 is 0. The quantitative estimate of drug-likeness (QED) is 0.504. The van der Waals surface area contributed by atoms with Crippen LogP contribution in [0.4, 0.5) is 5.69 Å². The average Bonchev–Trinajstić information content (AvgIpc) is 2.73. The summed E-state index contributed by atoms with van der Waals surface area (Å²) < 4.78 is 11.5. The number of hydrogen-bond donors (Lipinski definition) is 1. The normalized spacial score (nSPS) is 10.9. The van der Waals surface area contributed by atoms with Gasteiger partial charge < -0.3 is 14.8 Å². The number of carbonyl (C=O) groups is 1. The first-order valence-corrected chi connectivity index (χ1v) is 9.62. The molecule has 4 heteroatoms. The lowest BCUT2D eigenvalue weighted by Crippen LogP contribution is -2.12. The van der Waals surface area contributed by atoms with Gasteiger partial charge in [0.05, 0.1) is 11.8 Å². The van der Waals surface area contributed by atoms with E-state index in [9.17, 15) is 4.79 Å². The maximum Gasteiger partial charge on any atom is 0.248 e. The fraction of sp³-hybridized carbons (Fsp3) is 0.160. The Balaban J connectivity index is 1.55. The number of anilines is 1. The molecule has 0 heterocycles. The fourth-order valence-corrected chi connectivity index (χ4v) is 2.69. The van der Waals surface area contributed by atoms with Crippen LogP contribution in [0, 0.1) is 0 Å². The first-order chi connectivity index (χ1) is 14.1. The van der Waals surface area contributed by atoms with E-state index >= 15 is 0 Å². The minimum Gasteiger partial charge on any atom is -0.489 e. The fourth-order valence-electron chi connectivity index (χ4n) is 2.69. The number of ether oxygens (including phenoxy) is 2. The predicted octanol–water partition coefficient (Wildman–Crippen LogP) is 5.70. The zero-order chi connectivity index (χ0) is 20.5. The molecule has 0 fully saturated rings. The van der Waals surface area contributed by atoms with Crippen LogP contribution < -0.4 is 14.8 Å². The smallest absolute Gasteiger partial charge is 0.248 e. The van der Waals surface area contributed by atoms with Crippen LogP contribution in [0.5, 0.6) is 11.5 Å². The molecule has 0 aliphatic rings. The molecule has 29 heavy (non-hydrogen) atoms. The summed E-state index contributed by atoms with van der Waals surface area (Å²) in [5.74, 6) is 1.23. The molecule has 1 N–H and O–H groups in total. The van der Waals surface area contributed by atoms with Gasteiger partial charge in [-0.15, -0.1) is 0 Å². The van der Waals surface area contributed by atoms with Gasteiger partial charge in [0.25, 0.3) is 0 Å². The number of rotatable bonds is 8. The third-order valence-corrected chi connectivity index (χ3v) is 4.06. The van der Waals surface area contributed by atoms with E-state index in [2.05, 4.69) is 5.32 Å². The van der Waals surface area contributed by atoms with Crippen LogP contribution in [0.25, 0.3) is 6.08 Å². The molecule has 4 nitrogen and oxygen atoms in total. The Morgan fingerprint density at radius 2 is 1.62 bits per heavy atom. The minimum absolute atomic E-state index is 0.0335. The van der Waals surface area contributed by atoms with Gasteiger partial charge in [-0.1, -0.05) is 54.6 Å². The molecule has 0 atom stereocenters. The highest BCUT2D eigenvalue weighted by molar-refractivity contribution is 6.02. The monoisotopic (exact) mass is 387 g/mol. The number of carbonyl (C=O) groups excluding carboxylic acids is 1. The van der Waals surface area contributed by atoms with E-state index < -0.39 is 0 Å². The molecular weight excluding hydrogens is 362 g/mol. The van der Waals surface area contributed by atoms with Crippen LogP contribution >= 0.6 is 0 Å². The van der Waals surface area contributed by atoms with E-state index in [1.54, 1.807) is 6.08 Å². The zero-order valence-electron chi connectivity index (χ0n) is 16.7. The van der Waals surface area contributed by atoms with Crippen molar-refractivity contribution in [1.82, 2.24) is 0 Å². The number of amides is 1. The van der Waals surface area contributed by atoms with E-state index in [4.69, 9.17) is 9.47 Å². The SMILES string of the molecule is CC(C)Oc1ccccc1NC(=O)/C=C/c1ccc(OCc2ccccc2)cc1. The lowest BCUT2D eigenvalue weighted by atomic mass is 10.2. The Bertz CT molecular complexity index is 947. The third-order valence-electron chi connectivity index (χ3n) is 4.06. The highest BCUT2D eigenvalue weighted by Gasteiger charge is 2.06. The summed E-state index contributed by atoms with van der Waals surface area (Å²) in [4.78, 5) is 12.3.